The van der Waals surface area contributed by atoms with E-state index in [1.807, 2.05) is 0 Å². The van der Waals surface area contributed by atoms with E-state index in [0.29, 0.717) is 34.7 Å². The van der Waals surface area contributed by atoms with Gasteiger partial charge in [0.1, 0.15) is 17.5 Å². The number of carbonyl (C=O) groups is 3. The molecule has 3 aromatic rings. The molecule has 3 rings (SSSR count). The molecule has 0 fully saturated rings. The predicted molar refractivity (Wildman–Crippen MR) is 110 cm³/mol. The second-order valence-corrected chi connectivity index (χ2v) is 7.78. The van der Waals surface area contributed by atoms with Crippen molar-refractivity contribution in [3.63, 3.8) is 0 Å². The van der Waals surface area contributed by atoms with E-state index in [0.717, 1.165) is 4.88 Å². The number of nitrogens with one attached hydrogen (secondary N) is 2. The lowest BCUT2D eigenvalue weighted by atomic mass is 10.1. The first-order valence-electron chi connectivity index (χ1n) is 8.99. The fourth-order valence-corrected chi connectivity index (χ4v) is 3.76. The van der Waals surface area contributed by atoms with Gasteiger partial charge in [0.2, 0.25) is 5.91 Å². The van der Waals surface area contributed by atoms with Crippen LogP contribution in [0.3, 0.4) is 0 Å². The number of aromatic amines is 1. The van der Waals surface area contributed by atoms with E-state index in [1.54, 1.807) is 12.1 Å². The molecule has 158 valence electrons. The Bertz CT molecular complexity index is 1160. The van der Waals surface area contributed by atoms with Crippen LogP contribution in [0.1, 0.15) is 27.4 Å². The normalized spacial score (nSPS) is 12.0. The van der Waals surface area contributed by atoms with Crippen LogP contribution in [0.4, 0.5) is 5.82 Å². The number of carboxylic acids is 1. The minimum absolute atomic E-state index is 0.0866. The van der Waals surface area contributed by atoms with E-state index in [2.05, 4.69) is 15.3 Å². The quantitative estimate of drug-likeness (QED) is 0.316. The lowest BCUT2D eigenvalue weighted by molar-refractivity contribution is -0.139. The highest BCUT2D eigenvalue weighted by Gasteiger charge is 2.22. The number of rotatable bonds is 9. The average Bonchev–Trinajstić information content (AvgIpc) is 3.30. The van der Waals surface area contributed by atoms with Crippen LogP contribution in [0, 0.1) is 0 Å². The van der Waals surface area contributed by atoms with Crippen molar-refractivity contribution < 1.29 is 19.5 Å². The number of nitrogens with two attached hydrogens (primary N) is 2. The average molecular weight is 432 g/mol. The van der Waals surface area contributed by atoms with Gasteiger partial charge >= 0.3 is 5.97 Å². The number of amides is 2. The highest BCUT2D eigenvalue weighted by molar-refractivity contribution is 7.14. The van der Waals surface area contributed by atoms with Crippen molar-refractivity contribution in [1.29, 1.82) is 0 Å². The summed E-state index contributed by atoms with van der Waals surface area (Å²) in [5.41, 5.74) is 10.9. The highest BCUT2D eigenvalue weighted by atomic mass is 32.1. The Morgan fingerprint density at radius 2 is 2.10 bits per heavy atom. The summed E-state index contributed by atoms with van der Waals surface area (Å²) in [4.78, 5) is 55.0. The summed E-state index contributed by atoms with van der Waals surface area (Å²) in [7, 11) is 0. The van der Waals surface area contributed by atoms with Crippen molar-refractivity contribution in [3.05, 3.63) is 44.6 Å². The highest BCUT2D eigenvalue weighted by Crippen LogP contribution is 2.18. The molecule has 2 amide bonds. The molecule has 30 heavy (non-hydrogen) atoms. The summed E-state index contributed by atoms with van der Waals surface area (Å²) in [6.07, 6.45) is 1.68. The van der Waals surface area contributed by atoms with E-state index in [4.69, 9.17) is 11.5 Å². The van der Waals surface area contributed by atoms with Gasteiger partial charge in [-0.1, -0.05) is 0 Å². The Morgan fingerprint density at radius 3 is 2.80 bits per heavy atom. The lowest BCUT2D eigenvalue weighted by Gasteiger charge is -2.12. The molecule has 7 N–H and O–H groups in total. The van der Waals surface area contributed by atoms with Gasteiger partial charge in [0.15, 0.2) is 0 Å². The molecule has 3 aromatic heterocycles. The van der Waals surface area contributed by atoms with Gasteiger partial charge in [0.05, 0.1) is 16.6 Å². The van der Waals surface area contributed by atoms with Crippen molar-refractivity contribution in [2.45, 2.75) is 31.8 Å². The summed E-state index contributed by atoms with van der Waals surface area (Å²) in [6, 6.07) is 3.65. The van der Waals surface area contributed by atoms with Gasteiger partial charge in [0, 0.05) is 17.8 Å². The first-order valence-corrected chi connectivity index (χ1v) is 9.80. The van der Waals surface area contributed by atoms with E-state index in [9.17, 15) is 24.3 Å². The standard InChI is InChI=1S/C18H20N6O5S/c19-13-7-10-15(23-13)21-8-24(17(10)27)6-5-9-1-3-12(30-9)16(26)22-11(18(28)29)2-4-14(20)25/h1,3,7-8,11,23H,2,4-6,19H2,(H2,20,25)(H,22,26)(H,28,29)/t11-/m0/s1. The van der Waals surface area contributed by atoms with Crippen LogP contribution in [0.5, 0.6) is 0 Å². The van der Waals surface area contributed by atoms with Gasteiger partial charge in [-0.2, -0.15) is 0 Å². The van der Waals surface area contributed by atoms with Crippen LogP contribution in [-0.4, -0.2) is 43.5 Å². The summed E-state index contributed by atoms with van der Waals surface area (Å²) in [6.45, 7) is 0.352. The van der Waals surface area contributed by atoms with Crippen molar-refractivity contribution in [2.24, 2.45) is 5.73 Å². The number of anilines is 1. The van der Waals surface area contributed by atoms with Crippen LogP contribution < -0.4 is 22.3 Å². The Morgan fingerprint density at radius 1 is 1.33 bits per heavy atom. The van der Waals surface area contributed by atoms with Crippen LogP contribution in [0.15, 0.2) is 29.3 Å². The maximum absolute atomic E-state index is 12.5. The van der Waals surface area contributed by atoms with Crippen LogP contribution in [0.2, 0.25) is 0 Å². The molecular weight excluding hydrogens is 412 g/mol. The third kappa shape index (κ3) is 4.84. The minimum atomic E-state index is -1.24. The molecule has 0 spiro atoms. The molecule has 0 aliphatic carbocycles. The zero-order valence-electron chi connectivity index (χ0n) is 15.8. The van der Waals surface area contributed by atoms with Crippen LogP contribution in [0.25, 0.3) is 11.0 Å². The Hall–Kier alpha value is -3.67. The molecule has 0 bridgehead atoms. The second kappa shape index (κ2) is 8.78. The van der Waals surface area contributed by atoms with Crippen molar-refractivity contribution >= 4 is 46.0 Å². The van der Waals surface area contributed by atoms with Crippen LogP contribution in [-0.2, 0) is 22.6 Å². The second-order valence-electron chi connectivity index (χ2n) is 6.62. The maximum Gasteiger partial charge on any atom is 0.326 e. The number of H-pyrrole nitrogens is 1. The monoisotopic (exact) mass is 432 g/mol. The molecule has 0 aliphatic rings. The first kappa shape index (κ1) is 21.0. The number of carbonyl (C=O) groups excluding carboxylic acids is 2. The Balaban J connectivity index is 1.64. The van der Waals surface area contributed by atoms with E-state index in [1.165, 1.54) is 28.3 Å². The number of aliphatic carboxylic acids is 1. The van der Waals surface area contributed by atoms with Gasteiger partial charge in [-0.25, -0.2) is 9.78 Å². The van der Waals surface area contributed by atoms with Gasteiger partial charge in [-0.05, 0) is 31.0 Å². The van der Waals surface area contributed by atoms with Gasteiger partial charge in [-0.15, -0.1) is 11.3 Å². The topological polar surface area (TPSA) is 186 Å². The fourth-order valence-electron chi connectivity index (χ4n) is 2.86. The van der Waals surface area contributed by atoms with E-state index in [-0.39, 0.29) is 18.4 Å². The molecule has 3 heterocycles. The number of hydrogen-bond acceptors (Lipinski definition) is 7. The van der Waals surface area contributed by atoms with Crippen molar-refractivity contribution in [2.75, 3.05) is 5.73 Å². The molecule has 11 nitrogen and oxygen atoms in total. The van der Waals surface area contributed by atoms with Crippen molar-refractivity contribution in [3.8, 4) is 0 Å². The van der Waals surface area contributed by atoms with Crippen LogP contribution >= 0.6 is 11.3 Å². The number of nitrogen functional groups attached to an aromatic ring is 1. The van der Waals surface area contributed by atoms with Gasteiger partial charge in [-0.3, -0.25) is 19.0 Å². The number of aryl methyl sites for hydroxylation is 2. The largest absolute Gasteiger partial charge is 0.480 e. The fraction of sp³-hybridized carbons (Fsp3) is 0.278. The third-order valence-electron chi connectivity index (χ3n) is 4.40. The first-order chi connectivity index (χ1) is 14.2. The smallest absolute Gasteiger partial charge is 0.326 e. The van der Waals surface area contributed by atoms with Crippen molar-refractivity contribution in [1.82, 2.24) is 19.9 Å². The molecular formula is C18H20N6O5S. The molecule has 0 unspecified atom stereocenters. The molecule has 0 aromatic carbocycles. The molecule has 0 saturated heterocycles. The Labute approximate surface area is 173 Å². The zero-order valence-corrected chi connectivity index (χ0v) is 16.6. The number of carboxylic acid groups (broad SMARTS) is 1. The van der Waals surface area contributed by atoms with E-state index < -0.39 is 23.8 Å². The summed E-state index contributed by atoms with van der Waals surface area (Å²) < 4.78 is 1.46. The molecule has 1 atom stereocenters. The van der Waals surface area contributed by atoms with Gasteiger partial charge in [0.25, 0.3) is 11.5 Å². The van der Waals surface area contributed by atoms with Gasteiger partial charge < -0.3 is 26.9 Å². The number of thiophene rings is 1. The van der Waals surface area contributed by atoms with E-state index >= 15 is 0 Å². The molecule has 0 aliphatic heterocycles. The third-order valence-corrected chi connectivity index (χ3v) is 5.55. The zero-order chi connectivity index (χ0) is 21.8. The maximum atomic E-state index is 12.5. The SMILES string of the molecule is NC(=O)CC[C@H](NC(=O)c1ccc(CCn2cnc3[nH]c(N)cc3c2=O)s1)C(=O)O. The number of primary amides is 1. The number of hydrogen-bond donors (Lipinski definition) is 5. The summed E-state index contributed by atoms with van der Waals surface area (Å²) in [5.74, 6) is -2.07. The molecule has 12 heteroatoms. The lowest BCUT2D eigenvalue weighted by Crippen LogP contribution is -2.41. The molecule has 0 saturated carbocycles. The number of fused-ring (bicyclic) bond motifs is 1. The summed E-state index contributed by atoms with van der Waals surface area (Å²) >= 11 is 1.19. The predicted octanol–water partition coefficient (Wildman–Crippen LogP) is 0.0595. The Kier molecular flexibility index (Phi) is 6.16. The molecule has 0 radical (unpaired) electrons. The minimum Gasteiger partial charge on any atom is -0.480 e. The summed E-state index contributed by atoms with van der Waals surface area (Å²) in [5, 5.41) is 12.0. The number of nitrogens with zero attached hydrogens (tertiary/aromatic N) is 2. The number of aromatic nitrogens is 3.